The average Bonchev–Trinajstić information content (AvgIpc) is 4.10. The summed E-state index contributed by atoms with van der Waals surface area (Å²) in [5.41, 5.74) is 7.04. The summed E-state index contributed by atoms with van der Waals surface area (Å²) in [5, 5.41) is 26.6. The van der Waals surface area contributed by atoms with E-state index in [9.17, 15) is 19.2 Å². The molecule has 6 aliphatic rings. The molecule has 0 saturated carbocycles. The third kappa shape index (κ3) is 8.57. The van der Waals surface area contributed by atoms with Crippen LogP contribution in [-0.2, 0) is 9.59 Å². The Morgan fingerprint density at radius 1 is 0.829 bits per heavy atom. The number of H-pyrrole nitrogens is 1. The molecule has 5 aromatic rings. The molecule has 4 saturated heterocycles. The topological polar surface area (TPSA) is 200 Å². The summed E-state index contributed by atoms with van der Waals surface area (Å²) in [4.78, 5) is 73.3. The van der Waals surface area contributed by atoms with Crippen molar-refractivity contribution in [3.8, 4) is 11.3 Å². The summed E-state index contributed by atoms with van der Waals surface area (Å²) in [6.07, 6.45) is 4.96. The number of aromatic nitrogens is 7. The highest BCUT2D eigenvalue weighted by molar-refractivity contribution is 6.23. The number of imide groups is 1. The molecule has 6 aliphatic heterocycles. The van der Waals surface area contributed by atoms with Gasteiger partial charge >= 0.3 is 0 Å². The molecule has 0 aliphatic carbocycles. The minimum atomic E-state index is -0.803. The van der Waals surface area contributed by atoms with Gasteiger partial charge in [-0.05, 0) is 104 Å². The van der Waals surface area contributed by atoms with Crippen LogP contribution in [0.15, 0.2) is 78.3 Å². The first-order chi connectivity index (χ1) is 34.0. The first kappa shape index (κ1) is 45.4. The molecule has 0 radical (unpaired) electrons. The van der Waals surface area contributed by atoms with Crippen molar-refractivity contribution in [1.82, 2.24) is 60.3 Å². The van der Waals surface area contributed by atoms with Crippen molar-refractivity contribution in [2.24, 2.45) is 5.92 Å². The molecule has 11 rings (SSSR count). The SMILES string of the molecule is C=C1CCC(N2C(=O)c3ccc(N4CCC(CN5CCN(CCN6CCN(c7cc(-c8n[nH]c9ccc(NC(=O)C%10=C(C)N(C)c%11nnnn%11[C@@H]%10C)cc89)ccn7)CC6)CC5)CC4)cc3C2=O)C(=O)N1. The zero-order valence-electron chi connectivity index (χ0n) is 40.1. The summed E-state index contributed by atoms with van der Waals surface area (Å²) in [7, 11) is 1.85. The minimum absolute atomic E-state index is 0.206. The molecule has 20 heteroatoms. The van der Waals surface area contributed by atoms with Gasteiger partial charge in [0.05, 0.1) is 28.3 Å². The Labute approximate surface area is 406 Å². The summed E-state index contributed by atoms with van der Waals surface area (Å²) < 4.78 is 1.66. The molecule has 3 N–H and O–H groups in total. The van der Waals surface area contributed by atoms with Gasteiger partial charge in [-0.1, -0.05) is 11.7 Å². The fourth-order valence-electron chi connectivity index (χ4n) is 11.2. The number of fused-ring (bicyclic) bond motifs is 3. The summed E-state index contributed by atoms with van der Waals surface area (Å²) in [6, 6.07) is 14.3. The van der Waals surface area contributed by atoms with Crippen molar-refractivity contribution in [2.75, 3.05) is 112 Å². The van der Waals surface area contributed by atoms with Gasteiger partial charge in [-0.15, -0.1) is 0 Å². The van der Waals surface area contributed by atoms with E-state index in [1.807, 2.05) is 68.4 Å². The molecule has 2 atom stereocenters. The highest BCUT2D eigenvalue weighted by Gasteiger charge is 2.44. The van der Waals surface area contributed by atoms with Gasteiger partial charge in [0.2, 0.25) is 11.9 Å². The number of aromatic amines is 1. The third-order valence-corrected chi connectivity index (χ3v) is 15.5. The van der Waals surface area contributed by atoms with Crippen LogP contribution in [0.1, 0.15) is 66.3 Å². The Hall–Kier alpha value is -7.03. The number of piperazine rings is 2. The van der Waals surface area contributed by atoms with Gasteiger partial charge < -0.3 is 30.2 Å². The van der Waals surface area contributed by atoms with E-state index in [0.717, 1.165) is 142 Å². The first-order valence-corrected chi connectivity index (χ1v) is 24.6. The van der Waals surface area contributed by atoms with Crippen molar-refractivity contribution in [3.63, 3.8) is 0 Å². The van der Waals surface area contributed by atoms with Crippen molar-refractivity contribution < 1.29 is 19.2 Å². The molecule has 4 fully saturated rings. The fraction of sp³-hybridized carbons (Fsp3) is 0.460. The number of piperidine rings is 2. The Morgan fingerprint density at radius 2 is 1.56 bits per heavy atom. The maximum absolute atomic E-state index is 13.7. The van der Waals surface area contributed by atoms with Gasteiger partial charge in [0.25, 0.3) is 17.7 Å². The normalized spacial score (nSPS) is 22.0. The summed E-state index contributed by atoms with van der Waals surface area (Å²) in [5.74, 6) is 0.823. The second kappa shape index (κ2) is 18.7. The molecule has 4 amide bonds. The molecule has 20 nitrogen and oxygen atoms in total. The largest absolute Gasteiger partial charge is 0.371 e. The van der Waals surface area contributed by atoms with Crippen LogP contribution in [0, 0.1) is 5.92 Å². The van der Waals surface area contributed by atoms with E-state index in [4.69, 9.17) is 10.1 Å². The maximum atomic E-state index is 13.7. The zero-order valence-corrected chi connectivity index (χ0v) is 40.1. The minimum Gasteiger partial charge on any atom is -0.371 e. The summed E-state index contributed by atoms with van der Waals surface area (Å²) >= 11 is 0. The summed E-state index contributed by atoms with van der Waals surface area (Å²) in [6.45, 7) is 20.8. The van der Waals surface area contributed by atoms with Crippen LogP contribution < -0.4 is 25.3 Å². The molecule has 70 heavy (non-hydrogen) atoms. The van der Waals surface area contributed by atoms with Crippen LogP contribution in [0.2, 0.25) is 0 Å². The van der Waals surface area contributed by atoms with Gasteiger partial charge in [0, 0.05) is 132 Å². The lowest BCUT2D eigenvalue weighted by Crippen LogP contribution is -2.52. The van der Waals surface area contributed by atoms with E-state index in [1.54, 1.807) is 10.7 Å². The number of nitrogens with zero attached hydrogens (tertiary/aromatic N) is 13. The van der Waals surface area contributed by atoms with Gasteiger partial charge in [-0.2, -0.15) is 5.10 Å². The number of tetrazole rings is 1. The molecule has 0 bridgehead atoms. The number of carbonyl (C=O) groups excluding carboxylic acids is 4. The van der Waals surface area contributed by atoms with Crippen molar-refractivity contribution in [1.29, 1.82) is 0 Å². The zero-order chi connectivity index (χ0) is 48.2. The van der Waals surface area contributed by atoms with Gasteiger partial charge in [-0.3, -0.25) is 39.0 Å². The number of pyridine rings is 1. The highest BCUT2D eigenvalue weighted by atomic mass is 16.2. The first-order valence-electron chi connectivity index (χ1n) is 24.6. The molecule has 0 spiro atoms. The standard InChI is InChI=1S/C50H60N16O4/c1-31-5-10-42(46(67)52-31)65-48(69)38-8-7-37(29-39(38)49(65)70)63-15-12-34(13-16-63)30-62-21-19-60(20-22-62)17-18-61-23-25-64(26-24-61)43-27-35(11-14-51-43)45-40-28-36(6-9-41(40)54-55-45)53-47(68)44-32(2)59(4)50-56-57-58-66(50)33(44)3/h6-9,11,14,27-29,33-34,42H,1,5,10,12-13,15-26,30H2,2-4H3,(H,52,67)(H,53,68)(H,54,55)/t33-,42?/m1/s1. The molecule has 9 heterocycles. The Balaban J connectivity index is 0.619. The number of amides is 4. The van der Waals surface area contributed by atoms with E-state index in [1.165, 1.54) is 0 Å². The van der Waals surface area contributed by atoms with E-state index in [0.29, 0.717) is 52.8 Å². The van der Waals surface area contributed by atoms with Crippen LogP contribution >= 0.6 is 0 Å². The predicted octanol–water partition coefficient (Wildman–Crippen LogP) is 3.58. The average molecular weight is 949 g/mol. The maximum Gasteiger partial charge on any atom is 0.262 e. The molecule has 364 valence electrons. The molecular formula is C50H60N16O4. The molecule has 3 aromatic heterocycles. The lowest BCUT2D eigenvalue weighted by Gasteiger charge is -2.40. The van der Waals surface area contributed by atoms with E-state index in [2.05, 4.69) is 68.4 Å². The van der Waals surface area contributed by atoms with E-state index < -0.39 is 11.9 Å². The lowest BCUT2D eigenvalue weighted by molar-refractivity contribution is -0.125. The smallest absolute Gasteiger partial charge is 0.262 e. The number of rotatable bonds is 11. The number of hydrogen-bond acceptors (Lipinski definition) is 15. The Morgan fingerprint density at radius 3 is 2.31 bits per heavy atom. The number of allylic oxidation sites excluding steroid dienone is 2. The van der Waals surface area contributed by atoms with Crippen LogP contribution in [0.3, 0.4) is 0 Å². The number of anilines is 4. The van der Waals surface area contributed by atoms with Crippen LogP contribution in [-0.4, -0.2) is 177 Å². The lowest BCUT2D eigenvalue weighted by atomic mass is 9.95. The van der Waals surface area contributed by atoms with E-state index >= 15 is 0 Å². The second-order valence-corrected chi connectivity index (χ2v) is 19.6. The van der Waals surface area contributed by atoms with Crippen molar-refractivity contribution >= 4 is 57.7 Å². The Bertz CT molecular complexity index is 2900. The van der Waals surface area contributed by atoms with Gasteiger partial charge in [0.15, 0.2) is 0 Å². The van der Waals surface area contributed by atoms with Crippen LogP contribution in [0.25, 0.3) is 22.2 Å². The number of carbonyl (C=O) groups is 4. The molecule has 2 aromatic carbocycles. The number of benzene rings is 2. The fourth-order valence-corrected chi connectivity index (χ4v) is 11.2. The van der Waals surface area contributed by atoms with Gasteiger partial charge in [0.1, 0.15) is 17.6 Å². The van der Waals surface area contributed by atoms with Crippen molar-refractivity contribution in [2.45, 2.75) is 51.6 Å². The van der Waals surface area contributed by atoms with Crippen LogP contribution in [0.5, 0.6) is 0 Å². The number of hydrogen-bond donors (Lipinski definition) is 3. The predicted molar refractivity (Wildman–Crippen MR) is 265 cm³/mol. The highest BCUT2D eigenvalue weighted by Crippen LogP contribution is 2.36. The number of nitrogens with one attached hydrogen (secondary N) is 3. The third-order valence-electron chi connectivity index (χ3n) is 15.5. The molecular weight excluding hydrogens is 889 g/mol. The van der Waals surface area contributed by atoms with Crippen molar-refractivity contribution in [3.05, 3.63) is 89.4 Å². The second-order valence-electron chi connectivity index (χ2n) is 19.6. The van der Waals surface area contributed by atoms with E-state index in [-0.39, 0.29) is 23.8 Å². The Kier molecular flexibility index (Phi) is 12.1. The molecule has 1 unspecified atom stereocenters. The van der Waals surface area contributed by atoms with Gasteiger partial charge in [-0.25, -0.2) is 9.67 Å². The monoisotopic (exact) mass is 948 g/mol. The van der Waals surface area contributed by atoms with Crippen LogP contribution in [0.4, 0.5) is 23.1 Å². The quantitative estimate of drug-likeness (QED) is 0.162.